The number of nitrogens with zero attached hydrogens (tertiary/aromatic N) is 2. The number of halogens is 2. The lowest BCUT2D eigenvalue weighted by Crippen LogP contribution is -2.39. The average molecular weight is 474 g/mol. The van der Waals surface area contributed by atoms with Crippen molar-refractivity contribution in [2.45, 2.75) is 63.0 Å². The number of ether oxygens (including phenoxy) is 2. The summed E-state index contributed by atoms with van der Waals surface area (Å²) in [7, 11) is 2.78. The van der Waals surface area contributed by atoms with Crippen LogP contribution in [0.5, 0.6) is 5.75 Å². The Labute approximate surface area is 199 Å². The number of carbonyl (C=O) groups is 1. The number of methoxy groups -OCH3 is 2. The summed E-state index contributed by atoms with van der Waals surface area (Å²) in [6, 6.07) is 5.40. The minimum absolute atomic E-state index is 0.131. The quantitative estimate of drug-likeness (QED) is 0.388. The van der Waals surface area contributed by atoms with Gasteiger partial charge in [-0.1, -0.05) is 0 Å². The van der Waals surface area contributed by atoms with Crippen molar-refractivity contribution >= 4 is 11.8 Å². The van der Waals surface area contributed by atoms with Gasteiger partial charge in [-0.05, 0) is 87.0 Å². The molecule has 6 nitrogen and oxygen atoms in total. The molecule has 34 heavy (non-hydrogen) atoms. The van der Waals surface area contributed by atoms with Crippen LogP contribution in [0.1, 0.15) is 68.4 Å². The summed E-state index contributed by atoms with van der Waals surface area (Å²) in [4.78, 5) is 20.4. The number of hydrogen-bond donors (Lipinski definition) is 1. The fraction of sp³-hybridized carbons (Fsp3) is 0.577. The highest BCUT2D eigenvalue weighted by molar-refractivity contribution is 5.80. The normalized spacial score (nSPS) is 23.0. The molecular formula is C26H33F2N3O3. The van der Waals surface area contributed by atoms with Gasteiger partial charge < -0.3 is 14.8 Å². The summed E-state index contributed by atoms with van der Waals surface area (Å²) >= 11 is 0. The van der Waals surface area contributed by atoms with Crippen molar-refractivity contribution in [3.8, 4) is 5.75 Å². The maximum absolute atomic E-state index is 15.4. The second-order valence-corrected chi connectivity index (χ2v) is 9.71. The SMILES string of the molecule is COC(=O)C(C)(F)C(c1ccnc(NC[C@H]2CC[C@H](c3cc(OC)cnc3F)CC2)c1)C1CC1. The maximum atomic E-state index is 15.4. The van der Waals surface area contributed by atoms with Gasteiger partial charge >= 0.3 is 5.97 Å². The Kier molecular flexibility index (Phi) is 7.33. The fourth-order valence-corrected chi connectivity index (χ4v) is 5.29. The van der Waals surface area contributed by atoms with Gasteiger partial charge in [0.05, 0.1) is 20.4 Å². The van der Waals surface area contributed by atoms with Crippen molar-refractivity contribution in [2.75, 3.05) is 26.1 Å². The molecule has 0 aliphatic heterocycles. The molecule has 2 aromatic rings. The van der Waals surface area contributed by atoms with E-state index in [1.54, 1.807) is 25.4 Å². The van der Waals surface area contributed by atoms with Crippen LogP contribution in [0.2, 0.25) is 0 Å². The summed E-state index contributed by atoms with van der Waals surface area (Å²) in [6.45, 7) is 2.05. The molecule has 2 heterocycles. The summed E-state index contributed by atoms with van der Waals surface area (Å²) in [6.07, 6.45) is 8.56. The van der Waals surface area contributed by atoms with Gasteiger partial charge in [0, 0.05) is 24.2 Å². The molecular weight excluding hydrogens is 440 g/mol. The predicted molar refractivity (Wildman–Crippen MR) is 125 cm³/mol. The maximum Gasteiger partial charge on any atom is 0.343 e. The van der Waals surface area contributed by atoms with Crippen LogP contribution in [0.15, 0.2) is 30.6 Å². The molecule has 2 aliphatic rings. The molecule has 0 bridgehead atoms. The number of aromatic nitrogens is 2. The molecule has 2 atom stereocenters. The van der Waals surface area contributed by atoms with Crippen LogP contribution in [0.4, 0.5) is 14.6 Å². The van der Waals surface area contributed by atoms with Crippen LogP contribution in [-0.2, 0) is 9.53 Å². The molecule has 4 rings (SSSR count). The summed E-state index contributed by atoms with van der Waals surface area (Å²) in [5.41, 5.74) is -0.691. The van der Waals surface area contributed by atoms with E-state index in [0.29, 0.717) is 23.0 Å². The standard InChI is InChI=1S/C26H33F2N3O3/c1-26(28,25(32)34-3)23(18-8-9-18)19-10-11-29-22(12-19)30-14-16-4-6-17(7-5-16)21-13-20(33-2)15-31-24(21)27/h10-13,15-18,23H,4-9,14H2,1-3H3,(H,29,30)/t16-,17-,23?,26?. The van der Waals surface area contributed by atoms with E-state index in [1.807, 2.05) is 6.07 Å². The zero-order chi connectivity index (χ0) is 24.3. The van der Waals surface area contributed by atoms with E-state index in [2.05, 4.69) is 15.3 Å². The smallest absolute Gasteiger partial charge is 0.343 e. The molecule has 0 radical (unpaired) electrons. The van der Waals surface area contributed by atoms with Gasteiger partial charge in [0.15, 0.2) is 0 Å². The topological polar surface area (TPSA) is 73.3 Å². The number of pyridine rings is 2. The van der Waals surface area contributed by atoms with E-state index >= 15 is 4.39 Å². The lowest BCUT2D eigenvalue weighted by atomic mass is 9.79. The first kappa shape index (κ1) is 24.4. The number of esters is 1. The van der Waals surface area contributed by atoms with Crippen molar-refractivity contribution in [3.63, 3.8) is 0 Å². The van der Waals surface area contributed by atoms with Gasteiger partial charge in [-0.15, -0.1) is 0 Å². The molecule has 184 valence electrons. The van der Waals surface area contributed by atoms with Crippen LogP contribution >= 0.6 is 0 Å². The van der Waals surface area contributed by atoms with E-state index in [0.717, 1.165) is 50.6 Å². The van der Waals surface area contributed by atoms with Crippen molar-refractivity contribution in [2.24, 2.45) is 11.8 Å². The zero-order valence-electron chi connectivity index (χ0n) is 20.0. The molecule has 0 aromatic carbocycles. The van der Waals surface area contributed by atoms with Gasteiger partial charge in [0.2, 0.25) is 11.6 Å². The predicted octanol–water partition coefficient (Wildman–Crippen LogP) is 5.41. The molecule has 0 spiro atoms. The minimum Gasteiger partial charge on any atom is -0.495 e. The summed E-state index contributed by atoms with van der Waals surface area (Å²) < 4.78 is 39.6. The Morgan fingerprint density at radius 1 is 1.18 bits per heavy atom. The van der Waals surface area contributed by atoms with Gasteiger partial charge in [-0.25, -0.2) is 19.2 Å². The monoisotopic (exact) mass is 473 g/mol. The number of anilines is 1. The van der Waals surface area contributed by atoms with Crippen molar-refractivity contribution < 1.29 is 23.0 Å². The molecule has 0 saturated heterocycles. The largest absolute Gasteiger partial charge is 0.495 e. The highest BCUT2D eigenvalue weighted by atomic mass is 19.1. The third-order valence-corrected chi connectivity index (χ3v) is 7.34. The lowest BCUT2D eigenvalue weighted by Gasteiger charge is -2.30. The molecule has 2 unspecified atom stereocenters. The molecule has 1 N–H and O–H groups in total. The number of nitrogens with one attached hydrogen (secondary N) is 1. The van der Waals surface area contributed by atoms with Crippen LogP contribution < -0.4 is 10.1 Å². The van der Waals surface area contributed by atoms with E-state index in [4.69, 9.17) is 9.47 Å². The number of alkyl halides is 1. The van der Waals surface area contributed by atoms with Gasteiger partial charge in [-0.2, -0.15) is 4.39 Å². The molecule has 2 aliphatic carbocycles. The highest BCUT2D eigenvalue weighted by Gasteiger charge is 2.50. The molecule has 0 amide bonds. The summed E-state index contributed by atoms with van der Waals surface area (Å²) in [5, 5.41) is 3.39. The first-order valence-electron chi connectivity index (χ1n) is 12.0. The molecule has 2 aromatic heterocycles. The number of rotatable bonds is 9. The van der Waals surface area contributed by atoms with E-state index < -0.39 is 23.5 Å². The second-order valence-electron chi connectivity index (χ2n) is 9.71. The molecule has 2 fully saturated rings. The third kappa shape index (κ3) is 5.31. The van der Waals surface area contributed by atoms with Crippen LogP contribution in [-0.4, -0.2) is 42.4 Å². The Balaban J connectivity index is 1.36. The van der Waals surface area contributed by atoms with Gasteiger partial charge in [0.25, 0.3) is 0 Å². The van der Waals surface area contributed by atoms with Crippen LogP contribution in [0.25, 0.3) is 0 Å². The van der Waals surface area contributed by atoms with Crippen LogP contribution in [0.3, 0.4) is 0 Å². The van der Waals surface area contributed by atoms with Gasteiger partial charge in [-0.3, -0.25) is 0 Å². The molecule has 8 heteroatoms. The number of hydrogen-bond acceptors (Lipinski definition) is 6. The Bertz CT molecular complexity index is 1000. The highest BCUT2D eigenvalue weighted by Crippen LogP contribution is 2.50. The zero-order valence-corrected chi connectivity index (χ0v) is 20.0. The number of carbonyl (C=O) groups excluding carboxylic acids is 1. The van der Waals surface area contributed by atoms with Crippen molar-refractivity contribution in [1.82, 2.24) is 9.97 Å². The minimum atomic E-state index is -2.09. The van der Waals surface area contributed by atoms with Crippen molar-refractivity contribution in [1.29, 1.82) is 0 Å². The summed E-state index contributed by atoms with van der Waals surface area (Å²) in [5.74, 6) is 0.150. The Morgan fingerprint density at radius 2 is 1.91 bits per heavy atom. The first-order chi connectivity index (χ1) is 16.3. The van der Waals surface area contributed by atoms with E-state index in [-0.39, 0.29) is 11.8 Å². The second kappa shape index (κ2) is 10.2. The van der Waals surface area contributed by atoms with E-state index in [9.17, 15) is 9.18 Å². The fourth-order valence-electron chi connectivity index (χ4n) is 5.29. The molecule has 2 saturated carbocycles. The van der Waals surface area contributed by atoms with E-state index in [1.165, 1.54) is 20.2 Å². The Morgan fingerprint density at radius 3 is 2.56 bits per heavy atom. The Hall–Kier alpha value is -2.77. The first-order valence-corrected chi connectivity index (χ1v) is 12.0. The van der Waals surface area contributed by atoms with Gasteiger partial charge in [0.1, 0.15) is 11.6 Å². The average Bonchev–Trinajstić information content (AvgIpc) is 3.68. The lowest BCUT2D eigenvalue weighted by molar-refractivity contribution is -0.155. The third-order valence-electron chi connectivity index (χ3n) is 7.34. The van der Waals surface area contributed by atoms with Crippen molar-refractivity contribution in [3.05, 3.63) is 47.7 Å². The van der Waals surface area contributed by atoms with Crippen LogP contribution in [0, 0.1) is 17.8 Å².